The van der Waals surface area contributed by atoms with Gasteiger partial charge in [-0.05, 0) is 21.2 Å². The molecule has 0 spiro atoms. The quantitative estimate of drug-likeness (QED) is 0.485. The van der Waals surface area contributed by atoms with Crippen LogP contribution in [0.25, 0.3) is 0 Å². The maximum atomic E-state index is 11.7. The summed E-state index contributed by atoms with van der Waals surface area (Å²) >= 11 is 0. The van der Waals surface area contributed by atoms with Crippen molar-refractivity contribution in [3.63, 3.8) is 0 Å². The van der Waals surface area contributed by atoms with E-state index in [2.05, 4.69) is 28.9 Å². The van der Waals surface area contributed by atoms with Gasteiger partial charge < -0.3 is 20.2 Å². The summed E-state index contributed by atoms with van der Waals surface area (Å²) in [5, 5.41) is 28.0. The van der Waals surface area contributed by atoms with Crippen LogP contribution in [-0.2, 0) is 15.8 Å². The van der Waals surface area contributed by atoms with Gasteiger partial charge in [0.25, 0.3) is 0 Å². The highest BCUT2D eigenvalue weighted by Crippen LogP contribution is 2.24. The Hall–Kier alpha value is -2.26. The van der Waals surface area contributed by atoms with E-state index < -0.39 is 18.0 Å². The number of carboxylic acids is 2. The molecular formula is C23H39N4O6P. The predicted octanol–water partition coefficient (Wildman–Crippen LogP) is 2.18. The van der Waals surface area contributed by atoms with Gasteiger partial charge in [-0.3, -0.25) is 24.1 Å². The fourth-order valence-corrected chi connectivity index (χ4v) is 4.61. The van der Waals surface area contributed by atoms with Crippen molar-refractivity contribution in [2.45, 2.75) is 26.9 Å². The number of benzene rings is 1. The first kappa shape index (κ1) is 29.8. The van der Waals surface area contributed by atoms with Crippen molar-refractivity contribution in [3.05, 3.63) is 35.4 Å². The average molecular weight is 499 g/mol. The monoisotopic (exact) mass is 498 g/mol. The van der Waals surface area contributed by atoms with E-state index in [1.807, 2.05) is 25.7 Å². The highest BCUT2D eigenvalue weighted by Gasteiger charge is 2.20. The van der Waals surface area contributed by atoms with Crippen molar-refractivity contribution < 1.29 is 29.7 Å². The first-order valence-electron chi connectivity index (χ1n) is 11.6. The van der Waals surface area contributed by atoms with Crippen molar-refractivity contribution in [1.29, 1.82) is 0 Å². The Morgan fingerprint density at radius 2 is 1.21 bits per heavy atom. The van der Waals surface area contributed by atoms with Crippen molar-refractivity contribution >= 4 is 26.8 Å². The molecule has 1 saturated heterocycles. The molecule has 1 unspecified atom stereocenters. The molecule has 1 aliphatic heterocycles. The van der Waals surface area contributed by atoms with Crippen molar-refractivity contribution in [2.24, 2.45) is 0 Å². The standard InChI is InChI=1S/C21H33N4O6P.C2H6/c1-17-2-4-18(5-3-17)16-32-25-12-9-23(15-20(28)29)7-6-22(14-19(26)27)8-10-24(11-13-25)21(30)31;1-2/h2-5,32H,6-16H2,1H3,(H,26,27)(H,28,29)(H,30,31);1-2H3. The molecule has 34 heavy (non-hydrogen) atoms. The van der Waals surface area contributed by atoms with Crippen LogP contribution in [0.1, 0.15) is 25.0 Å². The second kappa shape index (κ2) is 16.4. The second-order valence-corrected chi connectivity index (χ2v) is 9.22. The topological polar surface area (TPSA) is 125 Å². The minimum absolute atomic E-state index is 0.114. The third-order valence-corrected chi connectivity index (χ3v) is 6.82. The Morgan fingerprint density at radius 3 is 1.71 bits per heavy atom. The van der Waals surface area contributed by atoms with Crippen molar-refractivity contribution in [1.82, 2.24) is 19.4 Å². The van der Waals surface area contributed by atoms with Gasteiger partial charge in [-0.1, -0.05) is 43.7 Å². The number of hydrogen-bond donors (Lipinski definition) is 3. The zero-order valence-electron chi connectivity index (χ0n) is 20.4. The summed E-state index contributed by atoms with van der Waals surface area (Å²) in [7, 11) is 0.451. The summed E-state index contributed by atoms with van der Waals surface area (Å²) in [5.74, 6) is -1.92. The fraction of sp³-hybridized carbons (Fsp3) is 0.609. The first-order chi connectivity index (χ1) is 16.2. The average Bonchev–Trinajstić information content (AvgIpc) is 2.78. The Morgan fingerprint density at radius 1 is 0.765 bits per heavy atom. The molecule has 2 rings (SSSR count). The molecule has 1 heterocycles. The summed E-state index contributed by atoms with van der Waals surface area (Å²) < 4.78 is 2.20. The normalized spacial score (nSPS) is 17.4. The molecule has 0 radical (unpaired) electrons. The number of carbonyl (C=O) groups is 3. The third kappa shape index (κ3) is 12.3. The zero-order valence-corrected chi connectivity index (χ0v) is 21.4. The summed E-state index contributed by atoms with van der Waals surface area (Å²) in [6.45, 7) is 8.95. The Balaban J connectivity index is 0.00000281. The Kier molecular flexibility index (Phi) is 14.3. The van der Waals surface area contributed by atoms with Crippen LogP contribution in [0.5, 0.6) is 0 Å². The van der Waals surface area contributed by atoms with E-state index >= 15 is 0 Å². The van der Waals surface area contributed by atoms with Crippen LogP contribution in [0.3, 0.4) is 0 Å². The number of amides is 1. The van der Waals surface area contributed by atoms with Crippen LogP contribution in [-0.4, -0.2) is 118 Å². The maximum absolute atomic E-state index is 11.7. The molecule has 1 aliphatic rings. The Bertz CT molecular complexity index is 764. The smallest absolute Gasteiger partial charge is 0.407 e. The van der Waals surface area contributed by atoms with E-state index in [1.54, 1.807) is 4.90 Å². The van der Waals surface area contributed by atoms with Gasteiger partial charge in [-0.25, -0.2) is 4.79 Å². The summed E-state index contributed by atoms with van der Waals surface area (Å²) in [6.07, 6.45) is -0.176. The molecular weight excluding hydrogens is 459 g/mol. The summed E-state index contributed by atoms with van der Waals surface area (Å²) in [5.41, 5.74) is 2.41. The zero-order chi connectivity index (χ0) is 25.5. The number of hydrogen-bond acceptors (Lipinski definition) is 6. The van der Waals surface area contributed by atoms with Gasteiger partial charge in [0.15, 0.2) is 0 Å². The molecule has 1 fully saturated rings. The second-order valence-electron chi connectivity index (χ2n) is 7.92. The van der Waals surface area contributed by atoms with E-state index in [0.717, 1.165) is 6.16 Å². The largest absolute Gasteiger partial charge is 0.480 e. The van der Waals surface area contributed by atoms with Gasteiger partial charge in [-0.2, -0.15) is 0 Å². The number of nitrogens with zero attached hydrogens (tertiary/aromatic N) is 4. The van der Waals surface area contributed by atoms with Crippen LogP contribution in [0.2, 0.25) is 0 Å². The number of aliphatic carboxylic acids is 2. The lowest BCUT2D eigenvalue weighted by Crippen LogP contribution is -2.47. The minimum atomic E-state index is -1.02. The third-order valence-electron chi connectivity index (χ3n) is 5.36. The predicted molar refractivity (Wildman–Crippen MR) is 134 cm³/mol. The van der Waals surface area contributed by atoms with E-state index in [0.29, 0.717) is 48.0 Å². The lowest BCUT2D eigenvalue weighted by Gasteiger charge is -2.32. The van der Waals surface area contributed by atoms with Gasteiger partial charge in [-0.15, -0.1) is 0 Å². The molecule has 0 saturated carbocycles. The summed E-state index contributed by atoms with van der Waals surface area (Å²) in [4.78, 5) is 39.0. The molecule has 192 valence electrons. The molecule has 0 aromatic heterocycles. The van der Waals surface area contributed by atoms with Crippen LogP contribution in [0.15, 0.2) is 24.3 Å². The van der Waals surface area contributed by atoms with Gasteiger partial charge in [0.05, 0.1) is 13.1 Å². The molecule has 0 bridgehead atoms. The molecule has 1 amide bonds. The lowest BCUT2D eigenvalue weighted by molar-refractivity contribution is -0.140. The van der Waals surface area contributed by atoms with Gasteiger partial charge in [0, 0.05) is 58.5 Å². The minimum Gasteiger partial charge on any atom is -0.480 e. The molecule has 10 nitrogen and oxygen atoms in total. The van der Waals surface area contributed by atoms with Crippen LogP contribution < -0.4 is 0 Å². The lowest BCUT2D eigenvalue weighted by atomic mass is 10.2. The van der Waals surface area contributed by atoms with Crippen LogP contribution >= 0.6 is 8.73 Å². The van der Waals surface area contributed by atoms with E-state index in [1.165, 1.54) is 16.0 Å². The first-order valence-corrected chi connectivity index (χ1v) is 12.8. The fourth-order valence-electron chi connectivity index (χ4n) is 3.45. The SMILES string of the molecule is CC.Cc1ccc(CPN2CCN(CC(=O)O)CCN(CC(=O)O)CCN(C(=O)O)CC2)cc1. The molecule has 3 N–H and O–H groups in total. The van der Waals surface area contributed by atoms with E-state index in [-0.39, 0.29) is 26.2 Å². The van der Waals surface area contributed by atoms with Crippen molar-refractivity contribution in [3.8, 4) is 0 Å². The highest BCUT2D eigenvalue weighted by atomic mass is 31.1. The van der Waals surface area contributed by atoms with E-state index in [4.69, 9.17) is 5.11 Å². The summed E-state index contributed by atoms with van der Waals surface area (Å²) in [6, 6.07) is 8.33. The number of carboxylic acid groups (broad SMARTS) is 3. The van der Waals surface area contributed by atoms with E-state index in [9.17, 15) is 24.6 Å². The Labute approximate surface area is 204 Å². The van der Waals surface area contributed by atoms with Crippen LogP contribution in [0.4, 0.5) is 4.79 Å². The van der Waals surface area contributed by atoms with Gasteiger partial charge in [0.2, 0.25) is 0 Å². The molecule has 1 aromatic rings. The van der Waals surface area contributed by atoms with Crippen molar-refractivity contribution in [2.75, 3.05) is 65.4 Å². The van der Waals surface area contributed by atoms with Crippen LogP contribution in [0, 0.1) is 6.92 Å². The molecule has 1 atom stereocenters. The number of rotatable bonds is 7. The molecule has 1 aromatic carbocycles. The van der Waals surface area contributed by atoms with Gasteiger partial charge >= 0.3 is 18.0 Å². The molecule has 0 aliphatic carbocycles. The maximum Gasteiger partial charge on any atom is 0.407 e. The number of aryl methyl sites for hydroxylation is 1. The highest BCUT2D eigenvalue weighted by molar-refractivity contribution is 7.34. The van der Waals surface area contributed by atoms with Gasteiger partial charge in [0.1, 0.15) is 0 Å². The molecule has 11 heteroatoms.